The Hall–Kier alpha value is -2.00. The third-order valence-corrected chi connectivity index (χ3v) is 3.52. The molecule has 1 aromatic carbocycles. The van der Waals surface area contributed by atoms with Crippen LogP contribution in [0.3, 0.4) is 0 Å². The quantitative estimate of drug-likeness (QED) is 0.790. The lowest BCUT2D eigenvalue weighted by Crippen LogP contribution is -2.07. The molecule has 0 amide bonds. The first-order chi connectivity index (χ1) is 9.35. The van der Waals surface area contributed by atoms with E-state index in [0.717, 1.165) is 28.6 Å². The van der Waals surface area contributed by atoms with Gasteiger partial charge in [-0.1, -0.05) is 13.0 Å². The van der Waals surface area contributed by atoms with Crippen molar-refractivity contribution in [3.63, 3.8) is 0 Å². The monoisotopic (exact) mass is 273 g/mol. The zero-order valence-corrected chi connectivity index (χ0v) is 11.5. The fraction of sp³-hybridized carbons (Fsp3) is 0.308. The van der Waals surface area contributed by atoms with E-state index in [4.69, 9.17) is 0 Å². The van der Waals surface area contributed by atoms with Gasteiger partial charge in [-0.3, -0.25) is 5.10 Å². The molecule has 2 rings (SSSR count). The number of hydrogen-bond acceptors (Lipinski definition) is 5. The summed E-state index contributed by atoms with van der Waals surface area (Å²) in [5, 5.41) is 19.2. The lowest BCUT2D eigenvalue weighted by atomic mass is 10.2. The largest absolute Gasteiger partial charge is 0.383 e. The molecule has 1 heterocycles. The standard InChI is InChI=1S/C13H15N5S/c1-2-19-12-5-3-4-11(10(12)8-14)15-7-6-13-16-9-17-18-13/h3-5,9,15H,2,6-7H2,1H3,(H,16,17,18). The number of hydrogen-bond donors (Lipinski definition) is 2. The Labute approximate surface area is 116 Å². The second kappa shape index (κ2) is 6.81. The average molecular weight is 273 g/mol. The van der Waals surface area contributed by atoms with Gasteiger partial charge in [0.2, 0.25) is 0 Å². The lowest BCUT2D eigenvalue weighted by Gasteiger charge is -2.10. The van der Waals surface area contributed by atoms with E-state index in [1.165, 1.54) is 6.33 Å². The molecule has 0 fully saturated rings. The number of aromatic amines is 1. The molecule has 0 bridgehead atoms. The van der Waals surface area contributed by atoms with Crippen LogP contribution in [0.25, 0.3) is 0 Å². The third kappa shape index (κ3) is 3.48. The Balaban J connectivity index is 2.03. The van der Waals surface area contributed by atoms with Crippen LogP contribution in [-0.4, -0.2) is 27.5 Å². The van der Waals surface area contributed by atoms with E-state index >= 15 is 0 Å². The number of thioether (sulfide) groups is 1. The van der Waals surface area contributed by atoms with Crippen molar-refractivity contribution in [1.29, 1.82) is 5.26 Å². The number of nitrogens with zero attached hydrogens (tertiary/aromatic N) is 3. The summed E-state index contributed by atoms with van der Waals surface area (Å²) in [7, 11) is 0. The van der Waals surface area contributed by atoms with Crippen molar-refractivity contribution in [1.82, 2.24) is 15.2 Å². The minimum Gasteiger partial charge on any atom is -0.383 e. The van der Waals surface area contributed by atoms with Crippen LogP contribution in [0.1, 0.15) is 18.3 Å². The molecule has 0 saturated carbocycles. The van der Waals surface area contributed by atoms with Crippen LogP contribution in [0.5, 0.6) is 0 Å². The van der Waals surface area contributed by atoms with E-state index in [1.807, 2.05) is 18.2 Å². The van der Waals surface area contributed by atoms with Crippen LogP contribution in [0.15, 0.2) is 29.4 Å². The maximum atomic E-state index is 9.28. The Bertz CT molecular complexity index is 559. The summed E-state index contributed by atoms with van der Waals surface area (Å²) in [4.78, 5) is 5.08. The van der Waals surface area contributed by atoms with Crippen molar-refractivity contribution in [3.8, 4) is 6.07 Å². The maximum Gasteiger partial charge on any atom is 0.137 e. The summed E-state index contributed by atoms with van der Waals surface area (Å²) < 4.78 is 0. The van der Waals surface area contributed by atoms with Gasteiger partial charge >= 0.3 is 0 Å². The number of anilines is 1. The van der Waals surface area contributed by atoms with Crippen molar-refractivity contribution in [2.24, 2.45) is 0 Å². The van der Waals surface area contributed by atoms with E-state index in [-0.39, 0.29) is 0 Å². The van der Waals surface area contributed by atoms with Gasteiger partial charge in [0.05, 0.1) is 11.3 Å². The fourth-order valence-corrected chi connectivity index (χ4v) is 2.52. The molecule has 2 N–H and O–H groups in total. The normalized spacial score (nSPS) is 10.1. The van der Waals surface area contributed by atoms with Gasteiger partial charge in [-0.05, 0) is 17.9 Å². The number of nitriles is 1. The molecule has 0 saturated heterocycles. The zero-order chi connectivity index (χ0) is 13.5. The van der Waals surface area contributed by atoms with Gasteiger partial charge < -0.3 is 5.32 Å². The first-order valence-corrected chi connectivity index (χ1v) is 7.07. The number of rotatable bonds is 6. The molecule has 0 aliphatic carbocycles. The minimum absolute atomic E-state index is 0.712. The molecular formula is C13H15N5S. The molecule has 5 nitrogen and oxygen atoms in total. The highest BCUT2D eigenvalue weighted by atomic mass is 32.2. The van der Waals surface area contributed by atoms with Gasteiger partial charge in [-0.15, -0.1) is 11.8 Å². The number of nitrogens with one attached hydrogen (secondary N) is 2. The van der Waals surface area contributed by atoms with Gasteiger partial charge in [0, 0.05) is 17.9 Å². The predicted octanol–water partition coefficient (Wildman–Crippen LogP) is 2.44. The van der Waals surface area contributed by atoms with Crippen LogP contribution in [-0.2, 0) is 6.42 Å². The molecule has 6 heteroatoms. The van der Waals surface area contributed by atoms with Crippen LogP contribution in [0.2, 0.25) is 0 Å². The Morgan fingerprint density at radius 3 is 3.05 bits per heavy atom. The molecule has 1 aromatic heterocycles. The van der Waals surface area contributed by atoms with Crippen molar-refractivity contribution < 1.29 is 0 Å². The van der Waals surface area contributed by atoms with Crippen molar-refractivity contribution in [2.75, 3.05) is 17.6 Å². The molecule has 0 radical (unpaired) electrons. The topological polar surface area (TPSA) is 77.4 Å². The molecule has 2 aromatic rings. The SMILES string of the molecule is CCSc1cccc(NCCc2ncn[nH]2)c1C#N. The summed E-state index contributed by atoms with van der Waals surface area (Å²) in [5.74, 6) is 1.79. The highest BCUT2D eigenvalue weighted by Crippen LogP contribution is 2.27. The summed E-state index contributed by atoms with van der Waals surface area (Å²) in [6.45, 7) is 2.79. The number of aromatic nitrogens is 3. The zero-order valence-electron chi connectivity index (χ0n) is 10.7. The first kappa shape index (κ1) is 13.4. The second-order valence-electron chi connectivity index (χ2n) is 3.83. The van der Waals surface area contributed by atoms with Crippen LogP contribution in [0.4, 0.5) is 5.69 Å². The Kier molecular flexibility index (Phi) is 4.81. The van der Waals surface area contributed by atoms with Crippen LogP contribution < -0.4 is 5.32 Å². The van der Waals surface area contributed by atoms with Crippen molar-refractivity contribution in [3.05, 3.63) is 35.9 Å². The van der Waals surface area contributed by atoms with E-state index in [1.54, 1.807) is 11.8 Å². The molecule has 0 atom stereocenters. The summed E-state index contributed by atoms with van der Waals surface area (Å²) in [6.07, 6.45) is 2.24. The maximum absolute atomic E-state index is 9.28. The summed E-state index contributed by atoms with van der Waals surface area (Å²) in [5.41, 5.74) is 1.59. The van der Waals surface area contributed by atoms with Crippen molar-refractivity contribution >= 4 is 17.4 Å². The second-order valence-corrected chi connectivity index (χ2v) is 5.14. The van der Waals surface area contributed by atoms with Gasteiger partial charge in [-0.2, -0.15) is 10.4 Å². The molecule has 0 aliphatic heterocycles. The Morgan fingerprint density at radius 2 is 2.37 bits per heavy atom. The van der Waals surface area contributed by atoms with E-state index in [0.29, 0.717) is 12.1 Å². The first-order valence-electron chi connectivity index (χ1n) is 6.09. The van der Waals surface area contributed by atoms with Crippen LogP contribution in [0, 0.1) is 11.3 Å². The van der Waals surface area contributed by atoms with Gasteiger partial charge in [0.1, 0.15) is 18.2 Å². The van der Waals surface area contributed by atoms with E-state index < -0.39 is 0 Å². The molecule has 0 aliphatic rings. The van der Waals surface area contributed by atoms with Gasteiger partial charge in [-0.25, -0.2) is 4.98 Å². The smallest absolute Gasteiger partial charge is 0.137 e. The highest BCUT2D eigenvalue weighted by molar-refractivity contribution is 7.99. The fourth-order valence-electron chi connectivity index (χ4n) is 1.74. The van der Waals surface area contributed by atoms with E-state index in [2.05, 4.69) is 33.5 Å². The predicted molar refractivity (Wildman–Crippen MR) is 76.1 cm³/mol. The highest BCUT2D eigenvalue weighted by Gasteiger charge is 2.07. The molecular weight excluding hydrogens is 258 g/mol. The van der Waals surface area contributed by atoms with Crippen molar-refractivity contribution in [2.45, 2.75) is 18.2 Å². The molecule has 0 spiro atoms. The Morgan fingerprint density at radius 1 is 1.47 bits per heavy atom. The summed E-state index contributed by atoms with van der Waals surface area (Å²) in [6, 6.07) is 8.15. The number of H-pyrrole nitrogens is 1. The molecule has 98 valence electrons. The summed E-state index contributed by atoms with van der Waals surface area (Å²) >= 11 is 1.68. The van der Waals surface area contributed by atoms with E-state index in [9.17, 15) is 5.26 Å². The van der Waals surface area contributed by atoms with Crippen LogP contribution >= 0.6 is 11.8 Å². The van der Waals surface area contributed by atoms with Gasteiger partial charge in [0.15, 0.2) is 0 Å². The minimum atomic E-state index is 0.712. The average Bonchev–Trinajstić information content (AvgIpc) is 2.93. The van der Waals surface area contributed by atoms with Gasteiger partial charge in [0.25, 0.3) is 0 Å². The molecule has 19 heavy (non-hydrogen) atoms. The number of benzene rings is 1. The molecule has 0 unspecified atom stereocenters. The lowest BCUT2D eigenvalue weighted by molar-refractivity contribution is 0.900. The third-order valence-electron chi connectivity index (χ3n) is 2.58.